The van der Waals surface area contributed by atoms with Crippen LogP contribution >= 0.6 is 11.3 Å². The van der Waals surface area contributed by atoms with Gasteiger partial charge in [0.25, 0.3) is 0 Å². The van der Waals surface area contributed by atoms with Crippen LogP contribution in [0.4, 0.5) is 5.00 Å². The standard InChI is InChI=1S/C18H19N3OS/c1-2-17(22)20-18-15(10-19)14-8-9-21(12-16(14)23-18)11-13-6-4-3-5-7-13/h3-7H,2,8-9,11-12H2,1H3,(H,20,22). The molecule has 0 atom stereocenters. The van der Waals surface area contributed by atoms with Crippen molar-refractivity contribution in [3.05, 3.63) is 51.9 Å². The molecule has 1 amide bonds. The van der Waals surface area contributed by atoms with Crippen LogP contribution in [0.25, 0.3) is 0 Å². The number of nitriles is 1. The highest BCUT2D eigenvalue weighted by Crippen LogP contribution is 2.37. The number of anilines is 1. The molecule has 2 heterocycles. The number of rotatable bonds is 4. The molecule has 1 aliphatic rings. The van der Waals surface area contributed by atoms with Crippen molar-refractivity contribution in [3.8, 4) is 6.07 Å². The van der Waals surface area contributed by atoms with Gasteiger partial charge in [-0.25, -0.2) is 0 Å². The zero-order valence-corrected chi connectivity index (χ0v) is 13.9. The van der Waals surface area contributed by atoms with E-state index >= 15 is 0 Å². The van der Waals surface area contributed by atoms with Gasteiger partial charge in [0.05, 0.1) is 5.56 Å². The summed E-state index contributed by atoms with van der Waals surface area (Å²) in [7, 11) is 0. The molecule has 5 heteroatoms. The minimum absolute atomic E-state index is 0.0405. The van der Waals surface area contributed by atoms with E-state index in [0.29, 0.717) is 17.0 Å². The summed E-state index contributed by atoms with van der Waals surface area (Å²) >= 11 is 1.55. The zero-order chi connectivity index (χ0) is 16.2. The average Bonchev–Trinajstić information content (AvgIpc) is 2.91. The van der Waals surface area contributed by atoms with Gasteiger partial charge in [-0.1, -0.05) is 37.3 Å². The number of thiophene rings is 1. The van der Waals surface area contributed by atoms with Crippen LogP contribution in [-0.2, 0) is 24.3 Å². The van der Waals surface area contributed by atoms with Crippen molar-refractivity contribution >= 4 is 22.2 Å². The second-order valence-electron chi connectivity index (χ2n) is 5.67. The van der Waals surface area contributed by atoms with E-state index in [0.717, 1.165) is 31.6 Å². The highest BCUT2D eigenvalue weighted by Gasteiger charge is 2.25. The number of nitrogens with one attached hydrogen (secondary N) is 1. The lowest BCUT2D eigenvalue weighted by molar-refractivity contribution is -0.115. The molecule has 2 aromatic rings. The third-order valence-corrected chi connectivity index (χ3v) is 5.20. The van der Waals surface area contributed by atoms with Gasteiger partial charge in [0.15, 0.2) is 0 Å². The van der Waals surface area contributed by atoms with E-state index in [-0.39, 0.29) is 5.91 Å². The molecular formula is C18H19N3OS. The van der Waals surface area contributed by atoms with Crippen LogP contribution < -0.4 is 5.32 Å². The monoisotopic (exact) mass is 325 g/mol. The van der Waals surface area contributed by atoms with Crippen molar-refractivity contribution < 1.29 is 4.79 Å². The highest BCUT2D eigenvalue weighted by molar-refractivity contribution is 7.16. The Labute approximate surface area is 140 Å². The van der Waals surface area contributed by atoms with E-state index in [4.69, 9.17) is 0 Å². The van der Waals surface area contributed by atoms with Crippen molar-refractivity contribution in [2.24, 2.45) is 0 Å². The van der Waals surface area contributed by atoms with Gasteiger partial charge < -0.3 is 5.32 Å². The molecule has 1 aromatic carbocycles. The Bertz CT molecular complexity index is 746. The Morgan fingerprint density at radius 1 is 1.39 bits per heavy atom. The van der Waals surface area contributed by atoms with Crippen LogP contribution in [0.2, 0.25) is 0 Å². The number of hydrogen-bond acceptors (Lipinski definition) is 4. The molecule has 0 spiro atoms. The first-order chi connectivity index (χ1) is 11.2. The first kappa shape index (κ1) is 15.7. The molecule has 0 aliphatic carbocycles. The van der Waals surface area contributed by atoms with Gasteiger partial charge in [-0.15, -0.1) is 11.3 Å². The number of carbonyl (C=O) groups excluding carboxylic acids is 1. The van der Waals surface area contributed by atoms with Crippen LogP contribution in [0.5, 0.6) is 0 Å². The number of carbonyl (C=O) groups is 1. The fraction of sp³-hybridized carbons (Fsp3) is 0.333. The molecule has 0 radical (unpaired) electrons. The van der Waals surface area contributed by atoms with Crippen molar-refractivity contribution in [3.63, 3.8) is 0 Å². The zero-order valence-electron chi connectivity index (χ0n) is 13.1. The third-order valence-electron chi connectivity index (χ3n) is 4.07. The first-order valence-corrected chi connectivity index (χ1v) is 8.63. The number of benzene rings is 1. The van der Waals surface area contributed by atoms with Crippen molar-refractivity contribution in [1.82, 2.24) is 4.90 Å². The van der Waals surface area contributed by atoms with Crippen LogP contribution in [0.15, 0.2) is 30.3 Å². The van der Waals surface area contributed by atoms with Gasteiger partial charge in [0.2, 0.25) is 5.91 Å². The summed E-state index contributed by atoms with van der Waals surface area (Å²) in [5.41, 5.74) is 3.08. The Hall–Kier alpha value is -2.16. The van der Waals surface area contributed by atoms with Crippen molar-refractivity contribution in [1.29, 1.82) is 5.26 Å². The summed E-state index contributed by atoms with van der Waals surface area (Å²) in [4.78, 5) is 15.2. The molecule has 0 fully saturated rings. The molecule has 23 heavy (non-hydrogen) atoms. The smallest absolute Gasteiger partial charge is 0.224 e. The molecule has 3 rings (SSSR count). The predicted octanol–water partition coefficient (Wildman–Crippen LogP) is 3.53. The minimum Gasteiger partial charge on any atom is -0.317 e. The molecule has 4 nitrogen and oxygen atoms in total. The van der Waals surface area contributed by atoms with Gasteiger partial charge >= 0.3 is 0 Å². The predicted molar refractivity (Wildman–Crippen MR) is 92.2 cm³/mol. The van der Waals surface area contributed by atoms with E-state index in [1.165, 1.54) is 10.4 Å². The fourth-order valence-corrected chi connectivity index (χ4v) is 4.11. The number of nitrogens with zero attached hydrogens (tertiary/aromatic N) is 2. The molecule has 0 saturated carbocycles. The number of hydrogen-bond donors (Lipinski definition) is 1. The molecule has 0 bridgehead atoms. The van der Waals surface area contributed by atoms with Crippen LogP contribution in [0.1, 0.15) is 34.9 Å². The van der Waals surface area contributed by atoms with Gasteiger partial charge in [-0.3, -0.25) is 9.69 Å². The normalized spacial score (nSPS) is 14.1. The molecular weight excluding hydrogens is 306 g/mol. The SMILES string of the molecule is CCC(=O)Nc1sc2c(c1C#N)CCN(Cc1ccccc1)C2. The van der Waals surface area contributed by atoms with E-state index in [2.05, 4.69) is 40.6 Å². The van der Waals surface area contributed by atoms with Gasteiger partial charge in [-0.05, 0) is 17.5 Å². The van der Waals surface area contributed by atoms with Gasteiger partial charge in [0.1, 0.15) is 11.1 Å². The maximum Gasteiger partial charge on any atom is 0.224 e. The Kier molecular flexibility index (Phi) is 4.75. The molecule has 118 valence electrons. The molecule has 0 unspecified atom stereocenters. The lowest BCUT2D eigenvalue weighted by atomic mass is 10.0. The van der Waals surface area contributed by atoms with E-state index in [9.17, 15) is 10.1 Å². The number of fused-ring (bicyclic) bond motifs is 1. The Balaban J connectivity index is 1.78. The minimum atomic E-state index is -0.0405. The average molecular weight is 325 g/mol. The highest BCUT2D eigenvalue weighted by atomic mass is 32.1. The Morgan fingerprint density at radius 3 is 2.87 bits per heavy atom. The number of amides is 1. The topological polar surface area (TPSA) is 56.1 Å². The van der Waals surface area contributed by atoms with E-state index < -0.39 is 0 Å². The summed E-state index contributed by atoms with van der Waals surface area (Å²) in [5, 5.41) is 13.0. The molecule has 1 aliphatic heterocycles. The van der Waals surface area contributed by atoms with Crippen LogP contribution in [-0.4, -0.2) is 17.4 Å². The first-order valence-electron chi connectivity index (χ1n) is 7.82. The maximum atomic E-state index is 11.6. The van der Waals surface area contributed by atoms with Crippen LogP contribution in [0.3, 0.4) is 0 Å². The van der Waals surface area contributed by atoms with E-state index in [1.807, 2.05) is 13.0 Å². The largest absolute Gasteiger partial charge is 0.317 e. The Morgan fingerprint density at radius 2 is 2.17 bits per heavy atom. The molecule has 1 N–H and O–H groups in total. The van der Waals surface area contributed by atoms with E-state index in [1.54, 1.807) is 11.3 Å². The maximum absolute atomic E-state index is 11.6. The summed E-state index contributed by atoms with van der Waals surface area (Å²) in [6.07, 6.45) is 1.29. The fourth-order valence-electron chi connectivity index (χ4n) is 2.85. The molecule has 0 saturated heterocycles. The quantitative estimate of drug-likeness (QED) is 0.935. The van der Waals surface area contributed by atoms with Crippen molar-refractivity contribution in [2.75, 3.05) is 11.9 Å². The summed E-state index contributed by atoms with van der Waals surface area (Å²) in [6.45, 7) is 4.51. The summed E-state index contributed by atoms with van der Waals surface area (Å²) in [6, 6.07) is 12.7. The van der Waals surface area contributed by atoms with Gasteiger partial charge in [-0.2, -0.15) is 5.26 Å². The van der Waals surface area contributed by atoms with Gasteiger partial charge in [0, 0.05) is 30.9 Å². The van der Waals surface area contributed by atoms with Crippen LogP contribution in [0, 0.1) is 11.3 Å². The molecule has 1 aromatic heterocycles. The second kappa shape index (κ2) is 6.95. The second-order valence-corrected chi connectivity index (χ2v) is 6.77. The van der Waals surface area contributed by atoms with Crippen molar-refractivity contribution in [2.45, 2.75) is 32.9 Å². The lowest BCUT2D eigenvalue weighted by Crippen LogP contribution is -2.29. The third kappa shape index (κ3) is 3.44. The lowest BCUT2D eigenvalue weighted by Gasteiger charge is -2.26. The summed E-state index contributed by atoms with van der Waals surface area (Å²) in [5.74, 6) is -0.0405. The summed E-state index contributed by atoms with van der Waals surface area (Å²) < 4.78 is 0.